The van der Waals surface area contributed by atoms with E-state index < -0.39 is 5.97 Å². The van der Waals surface area contributed by atoms with Crippen molar-refractivity contribution in [2.75, 3.05) is 0 Å². The van der Waals surface area contributed by atoms with Crippen LogP contribution < -0.4 is 0 Å². The first-order chi connectivity index (χ1) is 6.20. The largest absolute Gasteiger partial charge is 0.478 e. The average Bonchev–Trinajstić information content (AvgIpc) is 2.16. The zero-order valence-electron chi connectivity index (χ0n) is 7.11. The molecule has 0 radical (unpaired) electrons. The van der Waals surface area contributed by atoms with Gasteiger partial charge in [0.25, 0.3) is 0 Å². The van der Waals surface area contributed by atoms with Crippen molar-refractivity contribution in [3.8, 4) is 6.07 Å². The summed E-state index contributed by atoms with van der Waals surface area (Å²) in [6.45, 7) is 1.80. The van der Waals surface area contributed by atoms with Crippen LogP contribution in [0.4, 0.5) is 0 Å². The van der Waals surface area contributed by atoms with Gasteiger partial charge in [-0.2, -0.15) is 5.26 Å². The number of carboxylic acids is 1. The molecule has 0 aliphatic rings. The first-order valence-electron chi connectivity index (χ1n) is 3.82. The Labute approximate surface area is 75.5 Å². The highest BCUT2D eigenvalue weighted by molar-refractivity contribution is 5.89. The number of carboxylic acid groups (broad SMARTS) is 1. The van der Waals surface area contributed by atoms with Crippen molar-refractivity contribution in [2.24, 2.45) is 0 Å². The van der Waals surface area contributed by atoms with E-state index in [-0.39, 0.29) is 11.3 Å². The third kappa shape index (κ3) is 1.64. The molecule has 0 bridgehead atoms. The Morgan fingerprint density at radius 1 is 1.77 bits per heavy atom. The minimum absolute atomic E-state index is 0.161. The molecule has 0 fully saturated rings. The minimum Gasteiger partial charge on any atom is -0.478 e. The lowest BCUT2D eigenvalue weighted by atomic mass is 10.0. The average molecular weight is 176 g/mol. The van der Waals surface area contributed by atoms with Gasteiger partial charge in [0.15, 0.2) is 0 Å². The second kappa shape index (κ2) is 3.68. The molecule has 1 rings (SSSR count). The van der Waals surface area contributed by atoms with Gasteiger partial charge in [0, 0.05) is 11.8 Å². The molecule has 4 heteroatoms. The Kier molecular flexibility index (Phi) is 2.60. The van der Waals surface area contributed by atoms with Crippen LogP contribution >= 0.6 is 0 Å². The summed E-state index contributed by atoms with van der Waals surface area (Å²) in [5.41, 5.74) is 0.856. The Hall–Kier alpha value is -1.89. The fourth-order valence-corrected chi connectivity index (χ4v) is 1.15. The molecule has 0 atom stereocenters. The Bertz CT molecular complexity index is 380. The Morgan fingerprint density at radius 3 is 2.92 bits per heavy atom. The minimum atomic E-state index is -1.02. The predicted molar refractivity (Wildman–Crippen MR) is 45.3 cm³/mol. The number of pyridine rings is 1. The molecule has 0 aliphatic carbocycles. The van der Waals surface area contributed by atoms with Crippen molar-refractivity contribution >= 4 is 5.97 Å². The fourth-order valence-electron chi connectivity index (χ4n) is 1.15. The summed E-state index contributed by atoms with van der Waals surface area (Å²) >= 11 is 0. The molecule has 0 amide bonds. The molecule has 1 N–H and O–H groups in total. The first-order valence-corrected chi connectivity index (χ1v) is 3.82. The van der Waals surface area contributed by atoms with E-state index in [1.165, 1.54) is 12.3 Å². The second-order valence-electron chi connectivity index (χ2n) is 2.46. The zero-order valence-corrected chi connectivity index (χ0v) is 7.11. The number of nitriles is 1. The van der Waals surface area contributed by atoms with E-state index in [1.54, 1.807) is 6.92 Å². The van der Waals surface area contributed by atoms with Gasteiger partial charge in [-0.25, -0.2) is 9.78 Å². The van der Waals surface area contributed by atoms with E-state index >= 15 is 0 Å². The molecule has 13 heavy (non-hydrogen) atoms. The molecule has 1 aromatic heterocycles. The predicted octanol–water partition coefficient (Wildman–Crippen LogP) is 1.21. The van der Waals surface area contributed by atoms with Crippen molar-refractivity contribution in [2.45, 2.75) is 13.3 Å². The molecule has 1 heterocycles. The summed E-state index contributed by atoms with van der Waals surface area (Å²) in [4.78, 5) is 14.5. The summed E-state index contributed by atoms with van der Waals surface area (Å²) in [7, 11) is 0. The van der Waals surface area contributed by atoms with Gasteiger partial charge in [-0.15, -0.1) is 0 Å². The van der Waals surface area contributed by atoms with Crippen LogP contribution in [0.3, 0.4) is 0 Å². The highest BCUT2D eigenvalue weighted by Gasteiger charge is 2.12. The molecule has 0 saturated heterocycles. The van der Waals surface area contributed by atoms with Gasteiger partial charge in [0.2, 0.25) is 0 Å². The van der Waals surface area contributed by atoms with E-state index in [0.29, 0.717) is 12.0 Å². The number of aromatic carboxylic acids is 1. The van der Waals surface area contributed by atoms with E-state index in [1.807, 2.05) is 6.07 Å². The summed E-state index contributed by atoms with van der Waals surface area (Å²) < 4.78 is 0. The second-order valence-corrected chi connectivity index (χ2v) is 2.46. The summed E-state index contributed by atoms with van der Waals surface area (Å²) in [5, 5.41) is 17.4. The zero-order chi connectivity index (χ0) is 9.84. The van der Waals surface area contributed by atoms with Crippen LogP contribution in [0.15, 0.2) is 12.3 Å². The maximum absolute atomic E-state index is 10.7. The quantitative estimate of drug-likeness (QED) is 0.735. The lowest BCUT2D eigenvalue weighted by molar-refractivity contribution is 0.0695. The summed E-state index contributed by atoms with van der Waals surface area (Å²) in [5.74, 6) is -1.02. The lowest BCUT2D eigenvalue weighted by Crippen LogP contribution is -2.05. The molecule has 4 nitrogen and oxygen atoms in total. The van der Waals surface area contributed by atoms with Crippen molar-refractivity contribution in [3.63, 3.8) is 0 Å². The van der Waals surface area contributed by atoms with Crippen LogP contribution in [0.2, 0.25) is 0 Å². The van der Waals surface area contributed by atoms with Gasteiger partial charge in [-0.3, -0.25) is 0 Å². The first kappa shape index (κ1) is 9.20. The van der Waals surface area contributed by atoms with Crippen molar-refractivity contribution in [3.05, 3.63) is 29.1 Å². The SMILES string of the molecule is CCc1c(C(=O)O)ccnc1C#N. The van der Waals surface area contributed by atoms with Gasteiger partial charge in [0.05, 0.1) is 5.56 Å². The van der Waals surface area contributed by atoms with Gasteiger partial charge >= 0.3 is 5.97 Å². The summed E-state index contributed by atoms with van der Waals surface area (Å²) in [6, 6.07) is 3.27. The molecule has 0 aliphatic heterocycles. The van der Waals surface area contributed by atoms with Gasteiger partial charge in [-0.1, -0.05) is 6.92 Å². The van der Waals surface area contributed by atoms with Crippen LogP contribution in [0.25, 0.3) is 0 Å². The van der Waals surface area contributed by atoms with Gasteiger partial charge < -0.3 is 5.11 Å². The van der Waals surface area contributed by atoms with Crippen LogP contribution in [0.5, 0.6) is 0 Å². The fraction of sp³-hybridized carbons (Fsp3) is 0.222. The maximum Gasteiger partial charge on any atom is 0.336 e. The van der Waals surface area contributed by atoms with Crippen molar-refractivity contribution in [1.29, 1.82) is 5.26 Å². The smallest absolute Gasteiger partial charge is 0.336 e. The van der Waals surface area contributed by atoms with Crippen molar-refractivity contribution < 1.29 is 9.90 Å². The van der Waals surface area contributed by atoms with E-state index in [2.05, 4.69) is 4.98 Å². The highest BCUT2D eigenvalue weighted by Crippen LogP contribution is 2.12. The number of nitrogens with zero attached hydrogens (tertiary/aromatic N) is 2. The van der Waals surface area contributed by atoms with Gasteiger partial charge in [-0.05, 0) is 12.5 Å². The number of aromatic nitrogens is 1. The Balaban J connectivity index is 3.38. The molecule has 1 aromatic rings. The monoisotopic (exact) mass is 176 g/mol. The molecular formula is C9H8N2O2. The number of hydrogen-bond donors (Lipinski definition) is 1. The van der Waals surface area contributed by atoms with Gasteiger partial charge in [0.1, 0.15) is 11.8 Å². The lowest BCUT2D eigenvalue weighted by Gasteiger charge is -2.03. The normalized spacial score (nSPS) is 9.23. The molecule has 0 saturated carbocycles. The molecule has 0 aromatic carbocycles. The molecular weight excluding hydrogens is 168 g/mol. The van der Waals surface area contributed by atoms with Crippen LogP contribution in [-0.4, -0.2) is 16.1 Å². The number of carbonyl (C=O) groups is 1. The third-order valence-electron chi connectivity index (χ3n) is 1.75. The standard InChI is InChI=1S/C9H8N2O2/c1-2-6-7(9(12)13)3-4-11-8(6)5-10/h3-4H,2H2,1H3,(H,12,13). The summed E-state index contributed by atoms with van der Waals surface area (Å²) in [6.07, 6.45) is 1.83. The van der Waals surface area contributed by atoms with Crippen LogP contribution in [-0.2, 0) is 6.42 Å². The van der Waals surface area contributed by atoms with E-state index in [0.717, 1.165) is 0 Å². The molecule has 0 unspecified atom stereocenters. The highest BCUT2D eigenvalue weighted by atomic mass is 16.4. The van der Waals surface area contributed by atoms with Crippen LogP contribution in [0.1, 0.15) is 28.5 Å². The molecule has 0 spiro atoms. The topological polar surface area (TPSA) is 74.0 Å². The van der Waals surface area contributed by atoms with E-state index in [4.69, 9.17) is 10.4 Å². The van der Waals surface area contributed by atoms with E-state index in [9.17, 15) is 4.79 Å². The van der Waals surface area contributed by atoms with Crippen molar-refractivity contribution in [1.82, 2.24) is 4.98 Å². The van der Waals surface area contributed by atoms with Crippen LogP contribution in [0, 0.1) is 11.3 Å². The number of hydrogen-bond acceptors (Lipinski definition) is 3. The Morgan fingerprint density at radius 2 is 2.46 bits per heavy atom. The third-order valence-corrected chi connectivity index (χ3v) is 1.75. The number of rotatable bonds is 2. The molecule has 66 valence electrons. The maximum atomic E-state index is 10.7.